The smallest absolute Gasteiger partial charge is 0.250 e. The van der Waals surface area contributed by atoms with Crippen molar-refractivity contribution in [3.05, 3.63) is 119 Å². The number of amides is 4. The molecular formula is C34H38ClN5O4. The summed E-state index contributed by atoms with van der Waals surface area (Å²) in [4.78, 5) is 56.1. The third-order valence-electron chi connectivity index (χ3n) is 7.58. The topological polar surface area (TPSA) is 111 Å². The summed E-state index contributed by atoms with van der Waals surface area (Å²) in [6.45, 7) is 1.80. The Hall–Kier alpha value is -4.47. The van der Waals surface area contributed by atoms with E-state index in [-0.39, 0.29) is 24.8 Å². The van der Waals surface area contributed by atoms with E-state index in [1.54, 1.807) is 31.3 Å². The number of likely N-dealkylation sites (N-methyl/N-ethyl adjacent to an activating group) is 1. The van der Waals surface area contributed by atoms with Gasteiger partial charge in [0.15, 0.2) is 0 Å². The first-order valence-corrected chi connectivity index (χ1v) is 15.0. The number of carbonyl (C=O) groups is 4. The molecular weight excluding hydrogens is 578 g/mol. The summed E-state index contributed by atoms with van der Waals surface area (Å²) in [5, 5.41) is 8.98. The molecule has 1 aliphatic rings. The fourth-order valence-electron chi connectivity index (χ4n) is 4.87. The summed E-state index contributed by atoms with van der Waals surface area (Å²) in [6, 6.07) is 24.1. The Balaban J connectivity index is 1.46. The monoisotopic (exact) mass is 615 g/mol. The van der Waals surface area contributed by atoms with Crippen LogP contribution < -0.4 is 16.0 Å². The molecule has 0 saturated heterocycles. The quantitative estimate of drug-likeness (QED) is 0.274. The van der Waals surface area contributed by atoms with Crippen LogP contribution in [0.25, 0.3) is 0 Å². The van der Waals surface area contributed by atoms with Crippen LogP contribution in [0.2, 0.25) is 5.02 Å². The highest BCUT2D eigenvalue weighted by molar-refractivity contribution is 6.30. The van der Waals surface area contributed by atoms with E-state index in [2.05, 4.69) is 16.0 Å². The van der Waals surface area contributed by atoms with Gasteiger partial charge in [-0.15, -0.1) is 0 Å². The minimum absolute atomic E-state index is 0.208. The van der Waals surface area contributed by atoms with Crippen molar-refractivity contribution in [2.45, 2.75) is 44.3 Å². The summed E-state index contributed by atoms with van der Waals surface area (Å²) in [6.07, 6.45) is 4.40. The molecule has 0 unspecified atom stereocenters. The molecule has 4 amide bonds. The number of rotatable bonds is 13. The minimum atomic E-state index is -0.893. The minimum Gasteiger partial charge on any atom is -0.345 e. The van der Waals surface area contributed by atoms with Crippen LogP contribution in [0, 0.1) is 0 Å². The summed E-state index contributed by atoms with van der Waals surface area (Å²) in [5.74, 6) is -1.47. The van der Waals surface area contributed by atoms with Gasteiger partial charge >= 0.3 is 0 Å². The van der Waals surface area contributed by atoms with Gasteiger partial charge in [-0.1, -0.05) is 84.4 Å². The standard InChI is InChI=1S/C34H38ClN5O4/c1-24(36-2)32(42)38-29(21-26-9-5-3-6-10-26)33(43)37-23-31(41)40-20-19-39(18-17-25-13-15-28(35)16-14-25)34(44)30(40)22-27-11-7-4-8-12-27/h3-16,19-20,24,29-30,36H,17-18,21-23H2,1-2H3,(H,37,43)(H,38,42)/t24-,29-,30-/m0/s1. The van der Waals surface area contributed by atoms with Crippen molar-refractivity contribution in [1.29, 1.82) is 0 Å². The molecule has 0 spiro atoms. The van der Waals surface area contributed by atoms with Crippen LogP contribution in [0.4, 0.5) is 0 Å². The van der Waals surface area contributed by atoms with E-state index in [1.165, 1.54) is 4.90 Å². The van der Waals surface area contributed by atoms with Crippen LogP contribution in [0.5, 0.6) is 0 Å². The highest BCUT2D eigenvalue weighted by Crippen LogP contribution is 2.19. The van der Waals surface area contributed by atoms with Crippen molar-refractivity contribution in [2.24, 2.45) is 0 Å². The summed E-state index contributed by atoms with van der Waals surface area (Å²) >= 11 is 6.00. The van der Waals surface area contributed by atoms with E-state index in [0.717, 1.165) is 16.7 Å². The predicted molar refractivity (Wildman–Crippen MR) is 170 cm³/mol. The maximum absolute atomic E-state index is 13.7. The fourth-order valence-corrected chi connectivity index (χ4v) is 5.00. The zero-order valence-electron chi connectivity index (χ0n) is 24.9. The van der Waals surface area contributed by atoms with E-state index >= 15 is 0 Å². The molecule has 230 valence electrons. The van der Waals surface area contributed by atoms with Gasteiger partial charge in [0, 0.05) is 36.8 Å². The van der Waals surface area contributed by atoms with Crippen LogP contribution in [-0.4, -0.2) is 71.7 Å². The molecule has 3 atom stereocenters. The van der Waals surface area contributed by atoms with Gasteiger partial charge in [-0.3, -0.25) is 19.2 Å². The van der Waals surface area contributed by atoms with Gasteiger partial charge in [-0.05, 0) is 49.2 Å². The second-order valence-electron chi connectivity index (χ2n) is 10.7. The molecule has 3 aromatic rings. The van der Waals surface area contributed by atoms with E-state index in [0.29, 0.717) is 24.4 Å². The van der Waals surface area contributed by atoms with E-state index in [1.807, 2.05) is 84.9 Å². The van der Waals surface area contributed by atoms with E-state index in [4.69, 9.17) is 11.6 Å². The Bertz CT molecular complexity index is 1450. The van der Waals surface area contributed by atoms with Crippen LogP contribution in [0.3, 0.4) is 0 Å². The molecule has 0 fully saturated rings. The molecule has 0 radical (unpaired) electrons. The average molecular weight is 616 g/mol. The normalized spacial score (nSPS) is 15.9. The zero-order chi connectivity index (χ0) is 31.5. The van der Waals surface area contributed by atoms with Crippen molar-refractivity contribution in [3.8, 4) is 0 Å². The fraction of sp³-hybridized carbons (Fsp3) is 0.294. The number of carbonyl (C=O) groups excluding carboxylic acids is 4. The lowest BCUT2D eigenvalue weighted by atomic mass is 10.0. The molecule has 3 N–H and O–H groups in total. The maximum Gasteiger partial charge on any atom is 0.250 e. The van der Waals surface area contributed by atoms with Crippen molar-refractivity contribution in [3.63, 3.8) is 0 Å². The Morgan fingerprint density at radius 2 is 1.48 bits per heavy atom. The first kappa shape index (κ1) is 32.4. The number of halogens is 1. The van der Waals surface area contributed by atoms with Crippen molar-refractivity contribution in [1.82, 2.24) is 25.8 Å². The largest absolute Gasteiger partial charge is 0.345 e. The molecule has 0 bridgehead atoms. The van der Waals surface area contributed by atoms with Crippen molar-refractivity contribution in [2.75, 3.05) is 20.1 Å². The molecule has 9 nitrogen and oxygen atoms in total. The molecule has 44 heavy (non-hydrogen) atoms. The molecule has 1 aliphatic heterocycles. The van der Waals surface area contributed by atoms with Crippen molar-refractivity contribution < 1.29 is 19.2 Å². The third-order valence-corrected chi connectivity index (χ3v) is 7.83. The number of nitrogens with one attached hydrogen (secondary N) is 3. The number of nitrogens with zero attached hydrogens (tertiary/aromatic N) is 2. The predicted octanol–water partition coefficient (Wildman–Crippen LogP) is 3.09. The lowest BCUT2D eigenvalue weighted by molar-refractivity contribution is -0.143. The Morgan fingerprint density at radius 1 is 0.841 bits per heavy atom. The summed E-state index contributed by atoms with van der Waals surface area (Å²) < 4.78 is 0. The van der Waals surface area contributed by atoms with Gasteiger partial charge in [0.2, 0.25) is 23.6 Å². The van der Waals surface area contributed by atoms with Crippen molar-refractivity contribution >= 4 is 35.2 Å². The molecule has 0 aromatic heterocycles. The first-order valence-electron chi connectivity index (χ1n) is 14.6. The number of hydrogen-bond acceptors (Lipinski definition) is 5. The Kier molecular flexibility index (Phi) is 11.7. The average Bonchev–Trinajstić information content (AvgIpc) is 3.04. The third kappa shape index (κ3) is 9.02. The van der Waals surface area contributed by atoms with Gasteiger partial charge in [-0.2, -0.15) is 0 Å². The highest BCUT2D eigenvalue weighted by atomic mass is 35.5. The Morgan fingerprint density at radius 3 is 2.11 bits per heavy atom. The second-order valence-corrected chi connectivity index (χ2v) is 11.1. The highest BCUT2D eigenvalue weighted by Gasteiger charge is 2.35. The van der Waals surface area contributed by atoms with Crippen LogP contribution in [0.1, 0.15) is 23.6 Å². The van der Waals surface area contributed by atoms with Crippen LogP contribution in [0.15, 0.2) is 97.3 Å². The molecule has 3 aromatic carbocycles. The van der Waals surface area contributed by atoms with Crippen LogP contribution >= 0.6 is 11.6 Å². The van der Waals surface area contributed by atoms with Gasteiger partial charge < -0.3 is 25.8 Å². The molecule has 0 aliphatic carbocycles. The van der Waals surface area contributed by atoms with Gasteiger partial charge in [0.1, 0.15) is 12.1 Å². The molecule has 10 heteroatoms. The lowest BCUT2D eigenvalue weighted by Gasteiger charge is -2.36. The zero-order valence-corrected chi connectivity index (χ0v) is 25.7. The molecule has 4 rings (SSSR count). The number of hydrogen-bond donors (Lipinski definition) is 3. The summed E-state index contributed by atoms with van der Waals surface area (Å²) in [5.41, 5.74) is 2.81. The van der Waals surface area contributed by atoms with Gasteiger partial charge in [0.25, 0.3) is 0 Å². The van der Waals surface area contributed by atoms with E-state index < -0.39 is 29.9 Å². The van der Waals surface area contributed by atoms with Crippen LogP contribution in [-0.2, 0) is 38.4 Å². The molecule has 0 saturated carbocycles. The summed E-state index contributed by atoms with van der Waals surface area (Å²) in [7, 11) is 1.66. The van der Waals surface area contributed by atoms with Gasteiger partial charge in [-0.25, -0.2) is 0 Å². The SMILES string of the molecule is CN[C@@H](C)C(=O)N[C@@H](Cc1ccccc1)C(=O)NCC(=O)N1C=CN(CCc2ccc(Cl)cc2)C(=O)[C@@H]1Cc1ccccc1. The first-order chi connectivity index (χ1) is 21.2. The van der Waals surface area contributed by atoms with E-state index in [9.17, 15) is 19.2 Å². The Labute approximate surface area is 263 Å². The molecule has 1 heterocycles. The number of benzene rings is 3. The van der Waals surface area contributed by atoms with Gasteiger partial charge in [0.05, 0.1) is 12.6 Å². The lowest BCUT2D eigenvalue weighted by Crippen LogP contribution is -2.56. The maximum atomic E-state index is 13.7. The second kappa shape index (κ2) is 15.8.